The number of halogens is 4. The number of benzene rings is 2. The Morgan fingerprint density at radius 1 is 1.02 bits per heavy atom. The van der Waals surface area contributed by atoms with E-state index in [0.717, 1.165) is 5.56 Å². The summed E-state index contributed by atoms with van der Waals surface area (Å²) in [5.74, 6) is -6.89. The summed E-state index contributed by atoms with van der Waals surface area (Å²) in [6, 6.07) is 10.2. The third-order valence-corrected chi connectivity index (χ3v) is 9.44. The Morgan fingerprint density at radius 2 is 1.68 bits per heavy atom. The number of rotatable bonds is 5. The number of nitrogens with zero attached hydrogens (tertiary/aromatic N) is 2. The molecule has 1 saturated heterocycles. The van der Waals surface area contributed by atoms with Gasteiger partial charge in [-0.25, -0.2) is 27.2 Å². The molecule has 3 aliphatic rings. The number of hydrogen-bond donors (Lipinski definition) is 0. The highest BCUT2D eigenvalue weighted by molar-refractivity contribution is 5.94. The first-order chi connectivity index (χ1) is 20.5. The average Bonchev–Trinajstić information content (AvgIpc) is 3.33. The van der Waals surface area contributed by atoms with Crippen molar-refractivity contribution in [3.05, 3.63) is 70.4 Å². The fourth-order valence-electron chi connectivity index (χ4n) is 7.35. The summed E-state index contributed by atoms with van der Waals surface area (Å²) in [5.41, 5.74) is 2.58. The van der Waals surface area contributed by atoms with Crippen molar-refractivity contribution in [2.24, 2.45) is 5.41 Å². The summed E-state index contributed by atoms with van der Waals surface area (Å²) < 4.78 is 69.4. The van der Waals surface area contributed by atoms with Gasteiger partial charge in [0.2, 0.25) is 5.92 Å². The molecule has 1 aliphatic heterocycles. The van der Waals surface area contributed by atoms with Crippen molar-refractivity contribution in [2.75, 3.05) is 13.7 Å². The quantitative estimate of drug-likeness (QED) is 0.213. The minimum Gasteiger partial charge on any atom is -0.465 e. The maximum Gasteiger partial charge on any atom is 0.418 e. The topological polar surface area (TPSA) is 60.8 Å². The van der Waals surface area contributed by atoms with E-state index in [2.05, 4.69) is 4.90 Å². The first-order valence-corrected chi connectivity index (χ1v) is 15.1. The second-order valence-electron chi connectivity index (χ2n) is 14.0. The van der Waals surface area contributed by atoms with Crippen molar-refractivity contribution in [2.45, 2.75) is 95.7 Å². The van der Waals surface area contributed by atoms with Gasteiger partial charge in [0.1, 0.15) is 5.60 Å². The van der Waals surface area contributed by atoms with E-state index in [4.69, 9.17) is 9.47 Å². The molecule has 1 aromatic heterocycles. The zero-order valence-electron chi connectivity index (χ0n) is 25.7. The number of carbonyl (C=O) groups excluding carboxylic acids is 2. The number of alkyl halides is 4. The fourth-order valence-corrected chi connectivity index (χ4v) is 7.35. The summed E-state index contributed by atoms with van der Waals surface area (Å²) in [6.07, 6.45) is 1.55. The monoisotopic (exact) mass is 614 g/mol. The van der Waals surface area contributed by atoms with Crippen molar-refractivity contribution in [1.82, 2.24) is 9.47 Å². The van der Waals surface area contributed by atoms with Gasteiger partial charge < -0.3 is 9.47 Å². The van der Waals surface area contributed by atoms with Crippen molar-refractivity contribution in [3.8, 4) is 0 Å². The second kappa shape index (κ2) is 10.3. The third-order valence-electron chi connectivity index (χ3n) is 9.44. The summed E-state index contributed by atoms with van der Waals surface area (Å²) >= 11 is 0. The molecule has 0 bridgehead atoms. The zero-order chi connectivity index (χ0) is 31.8. The number of carbonyl (C=O) groups is 2. The van der Waals surface area contributed by atoms with Gasteiger partial charge in [0.15, 0.2) is 0 Å². The van der Waals surface area contributed by atoms with Crippen LogP contribution in [0.2, 0.25) is 0 Å². The summed E-state index contributed by atoms with van der Waals surface area (Å²) in [5, 5.41) is 0.698. The third kappa shape index (κ3) is 5.61. The van der Waals surface area contributed by atoms with Crippen LogP contribution in [0.25, 0.3) is 10.9 Å². The van der Waals surface area contributed by atoms with Gasteiger partial charge in [0, 0.05) is 43.4 Å². The van der Waals surface area contributed by atoms with Crippen LogP contribution < -0.4 is 0 Å². The predicted molar refractivity (Wildman–Crippen MR) is 157 cm³/mol. The minimum absolute atomic E-state index is 0.169. The lowest BCUT2D eigenvalue weighted by molar-refractivity contribution is -0.186. The van der Waals surface area contributed by atoms with Crippen molar-refractivity contribution < 1.29 is 36.6 Å². The number of fused-ring (bicyclic) bond motifs is 1. The van der Waals surface area contributed by atoms with Crippen molar-refractivity contribution >= 4 is 23.0 Å². The molecule has 2 aliphatic carbocycles. The zero-order valence-corrected chi connectivity index (χ0v) is 25.7. The maximum atomic E-state index is 14.6. The molecule has 3 aromatic rings. The smallest absolute Gasteiger partial charge is 0.418 e. The van der Waals surface area contributed by atoms with Gasteiger partial charge in [0.25, 0.3) is 5.92 Å². The van der Waals surface area contributed by atoms with Crippen LogP contribution in [-0.2, 0) is 16.0 Å². The van der Waals surface area contributed by atoms with Gasteiger partial charge in [-0.05, 0) is 92.9 Å². The molecule has 10 heteroatoms. The highest BCUT2D eigenvalue weighted by atomic mass is 19.3. The molecular formula is C34H38F4N2O4. The van der Waals surface area contributed by atoms with Crippen LogP contribution in [0.1, 0.15) is 97.4 Å². The number of aromatic nitrogens is 1. The Morgan fingerprint density at radius 3 is 2.25 bits per heavy atom. The number of ether oxygens (including phenoxy) is 2. The first kappa shape index (κ1) is 30.6. The van der Waals surface area contributed by atoms with E-state index < -0.39 is 40.8 Å². The van der Waals surface area contributed by atoms with Crippen LogP contribution in [0.3, 0.4) is 0 Å². The molecule has 236 valence electrons. The van der Waals surface area contributed by atoms with Crippen LogP contribution in [0.4, 0.5) is 22.4 Å². The number of likely N-dealkylation sites (tertiary alicyclic amines) is 1. The van der Waals surface area contributed by atoms with Crippen LogP contribution in [-0.4, -0.2) is 52.6 Å². The van der Waals surface area contributed by atoms with Gasteiger partial charge in [-0.15, -0.1) is 0 Å². The van der Waals surface area contributed by atoms with E-state index in [0.29, 0.717) is 59.1 Å². The summed E-state index contributed by atoms with van der Waals surface area (Å²) in [4.78, 5) is 27.4. The van der Waals surface area contributed by atoms with Gasteiger partial charge >= 0.3 is 12.1 Å². The van der Waals surface area contributed by atoms with E-state index in [1.807, 2.05) is 19.1 Å². The molecule has 44 heavy (non-hydrogen) atoms. The molecule has 2 heterocycles. The van der Waals surface area contributed by atoms with Gasteiger partial charge in [-0.1, -0.05) is 18.2 Å². The SMILES string of the molecule is COC(=O)c1ccc(C2CC3(CCN2Cc2c([C@@H]4CC4(F)F)cc(C)c4c2ccn4C(=O)OC(C)(C)C)CC(F)(F)C3)cc1. The van der Waals surface area contributed by atoms with Crippen LogP contribution in [0.15, 0.2) is 42.6 Å². The molecule has 0 radical (unpaired) electrons. The van der Waals surface area contributed by atoms with E-state index in [1.165, 1.54) is 11.7 Å². The van der Waals surface area contributed by atoms with Gasteiger partial charge in [-0.2, -0.15) is 0 Å². The lowest BCUT2D eigenvalue weighted by atomic mass is 9.59. The fraction of sp³-hybridized carbons (Fsp3) is 0.529. The van der Waals surface area contributed by atoms with E-state index in [-0.39, 0.29) is 25.3 Å². The Hall–Kier alpha value is -3.40. The van der Waals surface area contributed by atoms with Crippen molar-refractivity contribution in [1.29, 1.82) is 0 Å². The number of esters is 1. The number of aryl methyl sites for hydroxylation is 1. The molecule has 0 N–H and O–H groups in total. The molecule has 2 aromatic carbocycles. The first-order valence-electron chi connectivity index (χ1n) is 15.1. The molecule has 6 nitrogen and oxygen atoms in total. The molecule has 2 saturated carbocycles. The molecule has 3 fully saturated rings. The predicted octanol–water partition coefficient (Wildman–Crippen LogP) is 8.39. The lowest BCUT2D eigenvalue weighted by Crippen LogP contribution is -2.53. The second-order valence-corrected chi connectivity index (χ2v) is 14.0. The molecule has 1 unspecified atom stereocenters. The highest BCUT2D eigenvalue weighted by Crippen LogP contribution is 2.61. The Kier molecular flexibility index (Phi) is 7.18. The molecule has 2 atom stereocenters. The lowest BCUT2D eigenvalue weighted by Gasteiger charge is -2.54. The Labute approximate surface area is 254 Å². The molecule has 1 spiro atoms. The van der Waals surface area contributed by atoms with E-state index in [1.54, 1.807) is 51.2 Å². The number of hydrogen-bond acceptors (Lipinski definition) is 5. The minimum atomic E-state index is -2.81. The van der Waals surface area contributed by atoms with E-state index in [9.17, 15) is 27.2 Å². The number of methoxy groups -OCH3 is 1. The average molecular weight is 615 g/mol. The maximum absolute atomic E-state index is 14.6. The largest absolute Gasteiger partial charge is 0.465 e. The molecular weight excluding hydrogens is 576 g/mol. The normalized spacial score (nSPS) is 23.8. The standard InChI is InChI=1S/C34H38F4N2O4/c1-20-14-24(26-15-34(26,37)38)25(23-10-12-40(28(20)23)30(42)44-31(2,3)4)17-39-13-11-32(18-33(35,36)19-32)16-27(39)21-6-8-22(9-7-21)29(41)43-5/h6-10,12,14,26-27H,11,13,15-19H2,1-5H3/t26-,27?/m0/s1. The van der Waals surface area contributed by atoms with Crippen LogP contribution in [0.5, 0.6) is 0 Å². The highest BCUT2D eigenvalue weighted by Gasteiger charge is 2.60. The molecule has 0 amide bonds. The Balaban J connectivity index is 1.41. The van der Waals surface area contributed by atoms with Crippen molar-refractivity contribution in [3.63, 3.8) is 0 Å². The summed E-state index contributed by atoms with van der Waals surface area (Å²) in [7, 11) is 1.30. The number of piperidine rings is 1. The van der Waals surface area contributed by atoms with Gasteiger partial charge in [-0.3, -0.25) is 9.47 Å². The summed E-state index contributed by atoms with van der Waals surface area (Å²) in [6.45, 7) is 7.95. The van der Waals surface area contributed by atoms with Crippen LogP contribution in [0, 0.1) is 12.3 Å². The van der Waals surface area contributed by atoms with Crippen LogP contribution >= 0.6 is 0 Å². The molecule has 6 rings (SSSR count). The Bertz CT molecular complexity index is 1610. The van der Waals surface area contributed by atoms with Gasteiger partial charge in [0.05, 0.1) is 24.1 Å². The van der Waals surface area contributed by atoms with E-state index >= 15 is 0 Å².